The maximum Gasteiger partial charge on any atom is 0.0731 e. The van der Waals surface area contributed by atoms with Crippen molar-refractivity contribution in [2.75, 3.05) is 0 Å². The molecule has 6 aromatic rings. The van der Waals surface area contributed by atoms with Crippen LogP contribution < -0.4 is 0 Å². The fraction of sp³-hybridized carbons (Fsp3) is 0.0556. The second-order valence-corrected chi connectivity index (χ2v) is 10.6. The standard InChI is InChI=1S/C36H23Cl/c37-34-16-8-2-10-25(34)21-23-17-19-29-30-20-18-24-9-1-3-11-26(24)35(30)36(33(29)22-23)31-14-6-4-12-27(31)28-13-5-7-15-32(28)36/h1-20,22H,21H2. The van der Waals surface area contributed by atoms with Gasteiger partial charge in [0.25, 0.3) is 0 Å². The molecule has 0 saturated heterocycles. The second kappa shape index (κ2) is 7.68. The van der Waals surface area contributed by atoms with Crippen molar-refractivity contribution in [1.29, 1.82) is 0 Å². The third kappa shape index (κ3) is 2.74. The van der Waals surface area contributed by atoms with Crippen LogP contribution in [0.25, 0.3) is 33.0 Å². The number of benzene rings is 6. The maximum atomic E-state index is 6.58. The van der Waals surface area contributed by atoms with Gasteiger partial charge in [0, 0.05) is 5.02 Å². The Kier molecular flexibility index (Phi) is 4.36. The second-order valence-electron chi connectivity index (χ2n) is 10.2. The highest BCUT2D eigenvalue weighted by atomic mass is 35.5. The van der Waals surface area contributed by atoms with Gasteiger partial charge in [0.1, 0.15) is 0 Å². The third-order valence-corrected chi connectivity index (χ3v) is 8.76. The first-order valence-corrected chi connectivity index (χ1v) is 13.2. The van der Waals surface area contributed by atoms with Gasteiger partial charge >= 0.3 is 0 Å². The third-order valence-electron chi connectivity index (χ3n) is 8.39. The first kappa shape index (κ1) is 21.0. The predicted molar refractivity (Wildman–Crippen MR) is 155 cm³/mol. The van der Waals surface area contributed by atoms with Crippen LogP contribution in [0, 0.1) is 0 Å². The van der Waals surface area contributed by atoms with Crippen molar-refractivity contribution in [2.24, 2.45) is 0 Å². The number of hydrogen-bond donors (Lipinski definition) is 0. The molecule has 2 aliphatic carbocycles. The van der Waals surface area contributed by atoms with Gasteiger partial charge in [-0.05, 0) is 78.9 Å². The lowest BCUT2D eigenvalue weighted by Crippen LogP contribution is -2.26. The SMILES string of the molecule is Clc1ccccc1Cc1ccc2c(c1)C1(c3ccccc3-c3ccccc31)c1c-2ccc2ccccc12. The molecule has 174 valence electrons. The van der Waals surface area contributed by atoms with E-state index < -0.39 is 0 Å². The summed E-state index contributed by atoms with van der Waals surface area (Å²) in [6, 6.07) is 46.7. The summed E-state index contributed by atoms with van der Waals surface area (Å²) in [6.45, 7) is 0. The van der Waals surface area contributed by atoms with Crippen molar-refractivity contribution < 1.29 is 0 Å². The largest absolute Gasteiger partial charge is 0.0840 e. The van der Waals surface area contributed by atoms with Gasteiger partial charge in [0.05, 0.1) is 5.41 Å². The highest BCUT2D eigenvalue weighted by Crippen LogP contribution is 2.64. The average Bonchev–Trinajstić information content (AvgIpc) is 3.41. The van der Waals surface area contributed by atoms with E-state index in [0.29, 0.717) is 0 Å². The number of halogens is 1. The van der Waals surface area contributed by atoms with Crippen LogP contribution in [0.3, 0.4) is 0 Å². The highest BCUT2D eigenvalue weighted by molar-refractivity contribution is 6.31. The predicted octanol–water partition coefficient (Wildman–Crippen LogP) is 9.43. The zero-order valence-electron chi connectivity index (χ0n) is 20.2. The lowest BCUT2D eigenvalue weighted by Gasteiger charge is -2.31. The van der Waals surface area contributed by atoms with Crippen molar-refractivity contribution in [2.45, 2.75) is 11.8 Å². The summed E-state index contributed by atoms with van der Waals surface area (Å²) in [4.78, 5) is 0. The van der Waals surface area contributed by atoms with Crippen molar-refractivity contribution in [3.63, 3.8) is 0 Å². The average molecular weight is 491 g/mol. The molecule has 0 N–H and O–H groups in total. The van der Waals surface area contributed by atoms with Gasteiger partial charge in [-0.15, -0.1) is 0 Å². The minimum absolute atomic E-state index is 0.352. The van der Waals surface area contributed by atoms with Crippen LogP contribution in [-0.4, -0.2) is 0 Å². The zero-order valence-corrected chi connectivity index (χ0v) is 21.0. The molecule has 1 heteroatoms. The fourth-order valence-corrected chi connectivity index (χ4v) is 7.14. The summed E-state index contributed by atoms with van der Waals surface area (Å²) in [6.07, 6.45) is 0.809. The molecule has 0 unspecified atom stereocenters. The van der Waals surface area contributed by atoms with E-state index in [2.05, 4.69) is 115 Å². The Balaban J connectivity index is 1.50. The molecule has 0 nitrogen and oxygen atoms in total. The maximum absolute atomic E-state index is 6.58. The molecular weight excluding hydrogens is 468 g/mol. The molecule has 2 aliphatic rings. The molecule has 0 atom stereocenters. The first-order valence-electron chi connectivity index (χ1n) is 12.9. The summed E-state index contributed by atoms with van der Waals surface area (Å²) in [5.41, 5.74) is 13.0. The summed E-state index contributed by atoms with van der Waals surface area (Å²) in [5.74, 6) is 0. The van der Waals surface area contributed by atoms with Crippen molar-refractivity contribution in [3.8, 4) is 22.3 Å². The van der Waals surface area contributed by atoms with Gasteiger partial charge < -0.3 is 0 Å². The Hall–Kier alpha value is -4.13. The fourth-order valence-electron chi connectivity index (χ4n) is 6.94. The Bertz CT molecular complexity index is 1830. The van der Waals surface area contributed by atoms with Gasteiger partial charge in [0.15, 0.2) is 0 Å². The lowest BCUT2D eigenvalue weighted by molar-refractivity contribution is 0.799. The summed E-state index contributed by atoms with van der Waals surface area (Å²) >= 11 is 6.58. The molecule has 0 aliphatic heterocycles. The van der Waals surface area contributed by atoms with Gasteiger partial charge in [0.2, 0.25) is 0 Å². The van der Waals surface area contributed by atoms with Gasteiger partial charge in [-0.2, -0.15) is 0 Å². The molecule has 0 amide bonds. The molecule has 0 radical (unpaired) electrons. The van der Waals surface area contributed by atoms with Crippen LogP contribution >= 0.6 is 11.6 Å². The van der Waals surface area contributed by atoms with E-state index in [1.807, 2.05) is 12.1 Å². The van der Waals surface area contributed by atoms with Crippen LogP contribution in [0.4, 0.5) is 0 Å². The molecule has 0 saturated carbocycles. The van der Waals surface area contributed by atoms with Crippen LogP contribution in [0.5, 0.6) is 0 Å². The van der Waals surface area contributed by atoms with Gasteiger partial charge in [-0.3, -0.25) is 0 Å². The minimum Gasteiger partial charge on any atom is -0.0840 e. The molecule has 8 rings (SSSR count). The van der Waals surface area contributed by atoms with Gasteiger partial charge in [-0.25, -0.2) is 0 Å². The zero-order chi connectivity index (χ0) is 24.6. The molecule has 0 bridgehead atoms. The first-order chi connectivity index (χ1) is 18.3. The Morgan fingerprint density at radius 1 is 0.514 bits per heavy atom. The van der Waals surface area contributed by atoms with E-state index in [0.717, 1.165) is 17.0 Å². The van der Waals surface area contributed by atoms with Crippen molar-refractivity contribution in [1.82, 2.24) is 0 Å². The van der Waals surface area contributed by atoms with Crippen LogP contribution in [0.1, 0.15) is 33.4 Å². The van der Waals surface area contributed by atoms with Crippen molar-refractivity contribution in [3.05, 3.63) is 166 Å². The van der Waals surface area contributed by atoms with E-state index in [1.165, 1.54) is 60.8 Å². The number of rotatable bonds is 2. The van der Waals surface area contributed by atoms with Crippen LogP contribution in [-0.2, 0) is 11.8 Å². The van der Waals surface area contributed by atoms with E-state index >= 15 is 0 Å². The van der Waals surface area contributed by atoms with E-state index in [4.69, 9.17) is 11.6 Å². The molecule has 0 aromatic heterocycles. The summed E-state index contributed by atoms with van der Waals surface area (Å²) in [5, 5.41) is 3.44. The highest BCUT2D eigenvalue weighted by Gasteiger charge is 2.52. The van der Waals surface area contributed by atoms with E-state index in [1.54, 1.807) is 0 Å². The molecule has 1 spiro atoms. The Labute approximate surface area is 221 Å². The van der Waals surface area contributed by atoms with Crippen LogP contribution in [0.15, 0.2) is 127 Å². The quantitative estimate of drug-likeness (QED) is 0.226. The number of hydrogen-bond acceptors (Lipinski definition) is 0. The summed E-state index contributed by atoms with van der Waals surface area (Å²) in [7, 11) is 0. The molecule has 0 fully saturated rings. The molecule has 6 aromatic carbocycles. The van der Waals surface area contributed by atoms with Crippen molar-refractivity contribution >= 4 is 22.4 Å². The van der Waals surface area contributed by atoms with E-state index in [-0.39, 0.29) is 5.41 Å². The monoisotopic (exact) mass is 490 g/mol. The molecule has 37 heavy (non-hydrogen) atoms. The normalized spacial score (nSPS) is 13.9. The summed E-state index contributed by atoms with van der Waals surface area (Å²) < 4.78 is 0. The van der Waals surface area contributed by atoms with Gasteiger partial charge in [-0.1, -0.05) is 133 Å². The molecular formula is C36H23Cl. The smallest absolute Gasteiger partial charge is 0.0731 e. The Morgan fingerprint density at radius 2 is 1.14 bits per heavy atom. The number of fused-ring (bicyclic) bond motifs is 12. The topological polar surface area (TPSA) is 0 Å². The minimum atomic E-state index is -0.352. The Morgan fingerprint density at radius 3 is 1.92 bits per heavy atom. The molecule has 0 heterocycles. The lowest BCUT2D eigenvalue weighted by atomic mass is 9.69. The van der Waals surface area contributed by atoms with E-state index in [9.17, 15) is 0 Å². The van der Waals surface area contributed by atoms with Crippen LogP contribution in [0.2, 0.25) is 5.02 Å².